The Kier molecular flexibility index (Phi) is 2.76. The molecular weight excluding hydrogens is 199 g/mol. The van der Waals surface area contributed by atoms with Crippen LogP contribution in [0.3, 0.4) is 0 Å². The minimum absolute atomic E-state index is 0.240. The fourth-order valence-corrected chi connectivity index (χ4v) is 0.840. The van der Waals surface area contributed by atoms with E-state index in [1.807, 2.05) is 0 Å². The molecule has 14 heavy (non-hydrogen) atoms. The predicted molar refractivity (Wildman–Crippen MR) is 42.2 cm³/mol. The van der Waals surface area contributed by atoms with Crippen LogP contribution in [0.4, 0.5) is 18.9 Å². The molecule has 1 N–H and O–H groups in total. The maximum atomic E-state index is 11.9. The van der Waals surface area contributed by atoms with Gasteiger partial charge >= 0.3 is 6.30 Å². The van der Waals surface area contributed by atoms with Crippen molar-refractivity contribution in [3.63, 3.8) is 0 Å². The van der Waals surface area contributed by atoms with Crippen LogP contribution in [-0.4, -0.2) is 17.8 Å². The number of hydrogen-bond donors (Lipinski definition) is 1. The summed E-state index contributed by atoms with van der Waals surface area (Å²) < 4.78 is 35.8. The first-order valence-corrected chi connectivity index (χ1v) is 3.56. The van der Waals surface area contributed by atoms with Crippen LogP contribution in [-0.2, 0) is 0 Å². The third-order valence-electron chi connectivity index (χ3n) is 1.51. The van der Waals surface area contributed by atoms with E-state index in [0.29, 0.717) is 6.29 Å². The van der Waals surface area contributed by atoms with Gasteiger partial charge in [-0.15, -0.1) is 13.2 Å². The van der Waals surface area contributed by atoms with Gasteiger partial charge in [-0.1, -0.05) is 0 Å². The molecule has 0 aromatic heterocycles. The van der Waals surface area contributed by atoms with Crippen molar-refractivity contribution in [2.45, 2.75) is 6.30 Å². The van der Waals surface area contributed by atoms with E-state index in [2.05, 4.69) is 0 Å². The fraction of sp³-hybridized carbons (Fsp3) is 0.125. The number of benzene rings is 1. The summed E-state index contributed by atoms with van der Waals surface area (Å²) in [7, 11) is 0. The number of aldehydes is 1. The molecule has 1 aromatic carbocycles. The Labute approximate surface area is 77.3 Å². The minimum Gasteiger partial charge on any atom is -0.298 e. The lowest BCUT2D eigenvalue weighted by atomic mass is 10.2. The lowest BCUT2D eigenvalue weighted by Gasteiger charge is -2.19. The molecule has 0 atom stereocenters. The van der Waals surface area contributed by atoms with Crippen molar-refractivity contribution in [3.8, 4) is 0 Å². The highest BCUT2D eigenvalue weighted by molar-refractivity contribution is 5.75. The molecule has 0 fully saturated rings. The predicted octanol–water partition coefficient (Wildman–Crippen LogP) is 2.21. The van der Waals surface area contributed by atoms with Crippen molar-refractivity contribution in [1.82, 2.24) is 0 Å². The van der Waals surface area contributed by atoms with Gasteiger partial charge < -0.3 is 0 Å². The van der Waals surface area contributed by atoms with Crippen LogP contribution < -0.4 is 5.06 Å². The summed E-state index contributed by atoms with van der Waals surface area (Å²) >= 11 is 0. The zero-order valence-corrected chi connectivity index (χ0v) is 6.82. The summed E-state index contributed by atoms with van der Waals surface area (Å²) in [5.41, 5.74) is -0.201. The smallest absolute Gasteiger partial charge is 0.298 e. The van der Waals surface area contributed by atoms with Crippen molar-refractivity contribution < 1.29 is 23.2 Å². The van der Waals surface area contributed by atoms with E-state index in [0.717, 1.165) is 12.1 Å². The molecule has 0 saturated carbocycles. The maximum absolute atomic E-state index is 11.9. The van der Waals surface area contributed by atoms with Gasteiger partial charge in [-0.2, -0.15) is 5.06 Å². The molecule has 76 valence electrons. The van der Waals surface area contributed by atoms with Crippen LogP contribution in [0.5, 0.6) is 0 Å². The molecule has 6 heteroatoms. The Morgan fingerprint density at radius 3 is 2.07 bits per heavy atom. The number of nitrogens with zero attached hydrogens (tertiary/aromatic N) is 1. The van der Waals surface area contributed by atoms with Crippen molar-refractivity contribution in [1.29, 1.82) is 0 Å². The number of halogens is 3. The summed E-state index contributed by atoms with van der Waals surface area (Å²) in [6, 6.07) is 4.35. The molecule has 1 rings (SSSR count). The molecule has 0 bridgehead atoms. The van der Waals surface area contributed by atoms with Gasteiger partial charge in [0.05, 0.1) is 5.69 Å². The molecule has 0 unspecified atom stereocenters. The molecule has 0 aliphatic carbocycles. The number of hydroxylamine groups is 1. The van der Waals surface area contributed by atoms with E-state index in [1.165, 1.54) is 12.1 Å². The third-order valence-corrected chi connectivity index (χ3v) is 1.51. The van der Waals surface area contributed by atoms with E-state index in [-0.39, 0.29) is 5.56 Å². The molecule has 0 aliphatic rings. The normalized spacial score (nSPS) is 11.1. The zero-order valence-electron chi connectivity index (χ0n) is 6.82. The average molecular weight is 205 g/mol. The largest absolute Gasteiger partial charge is 0.508 e. The first-order chi connectivity index (χ1) is 6.45. The molecular formula is C8H6F3NO2. The highest BCUT2D eigenvalue weighted by Gasteiger charge is 2.36. The standard InChI is InChI=1S/C8H6F3NO2/c9-8(10,11)12(14)7-3-1-6(5-13)2-4-7/h1-5,14H. The highest BCUT2D eigenvalue weighted by Crippen LogP contribution is 2.25. The van der Waals surface area contributed by atoms with Crippen LogP contribution in [0.25, 0.3) is 0 Å². The van der Waals surface area contributed by atoms with E-state index >= 15 is 0 Å². The molecule has 1 aromatic rings. The Hall–Kier alpha value is -1.56. The van der Waals surface area contributed by atoms with Crippen LogP contribution in [0.1, 0.15) is 10.4 Å². The van der Waals surface area contributed by atoms with Crippen LogP contribution in [0, 0.1) is 0 Å². The summed E-state index contributed by atoms with van der Waals surface area (Å²) in [6.07, 6.45) is -4.35. The van der Waals surface area contributed by atoms with Crippen LogP contribution in [0.2, 0.25) is 0 Å². The van der Waals surface area contributed by atoms with Crippen molar-refractivity contribution in [2.75, 3.05) is 5.06 Å². The summed E-state index contributed by atoms with van der Waals surface area (Å²) in [6.45, 7) is 0. The number of carbonyl (C=O) groups is 1. The van der Waals surface area contributed by atoms with Gasteiger partial charge in [0, 0.05) is 5.56 Å². The Balaban J connectivity index is 2.92. The van der Waals surface area contributed by atoms with Crippen LogP contribution >= 0.6 is 0 Å². The monoisotopic (exact) mass is 205 g/mol. The quantitative estimate of drug-likeness (QED) is 0.457. The summed E-state index contributed by atoms with van der Waals surface area (Å²) in [4.78, 5) is 10.2. The fourth-order valence-electron chi connectivity index (χ4n) is 0.840. The van der Waals surface area contributed by atoms with Gasteiger partial charge in [0.25, 0.3) is 0 Å². The van der Waals surface area contributed by atoms with Gasteiger partial charge in [-0.05, 0) is 24.3 Å². The SMILES string of the molecule is O=Cc1ccc(N(O)C(F)(F)F)cc1. The van der Waals surface area contributed by atoms with Gasteiger partial charge in [-0.25, -0.2) is 0 Å². The van der Waals surface area contributed by atoms with Gasteiger partial charge in [0.1, 0.15) is 6.29 Å². The molecule has 0 radical (unpaired) electrons. The van der Waals surface area contributed by atoms with E-state index in [1.54, 1.807) is 0 Å². The van der Waals surface area contributed by atoms with Gasteiger partial charge in [-0.3, -0.25) is 10.0 Å². The van der Waals surface area contributed by atoms with E-state index < -0.39 is 17.1 Å². The third kappa shape index (κ3) is 2.23. The molecule has 3 nitrogen and oxygen atoms in total. The Morgan fingerprint density at radius 2 is 1.71 bits per heavy atom. The second-order valence-electron chi connectivity index (χ2n) is 2.49. The number of anilines is 1. The average Bonchev–Trinajstić information content (AvgIpc) is 2.15. The summed E-state index contributed by atoms with van der Waals surface area (Å²) in [5, 5.41) is 7.82. The van der Waals surface area contributed by atoms with E-state index in [9.17, 15) is 18.0 Å². The second kappa shape index (κ2) is 3.67. The van der Waals surface area contributed by atoms with E-state index in [4.69, 9.17) is 5.21 Å². The van der Waals surface area contributed by atoms with Crippen molar-refractivity contribution in [3.05, 3.63) is 29.8 Å². The highest BCUT2D eigenvalue weighted by atomic mass is 19.4. The molecule has 0 amide bonds. The number of carbonyl (C=O) groups excluding carboxylic acids is 1. The second-order valence-corrected chi connectivity index (χ2v) is 2.49. The van der Waals surface area contributed by atoms with Crippen molar-refractivity contribution >= 4 is 12.0 Å². The number of hydrogen-bond acceptors (Lipinski definition) is 3. The number of alkyl halides is 3. The van der Waals surface area contributed by atoms with Gasteiger partial charge in [0.2, 0.25) is 0 Å². The van der Waals surface area contributed by atoms with Gasteiger partial charge in [0.15, 0.2) is 0 Å². The first-order valence-electron chi connectivity index (χ1n) is 3.56. The topological polar surface area (TPSA) is 40.5 Å². The Morgan fingerprint density at radius 1 is 1.21 bits per heavy atom. The van der Waals surface area contributed by atoms with Crippen molar-refractivity contribution in [2.24, 2.45) is 0 Å². The molecule has 0 spiro atoms. The lowest BCUT2D eigenvalue weighted by Crippen LogP contribution is -2.34. The first kappa shape index (κ1) is 10.5. The Bertz CT molecular complexity index is 320. The molecule has 0 heterocycles. The van der Waals surface area contributed by atoms with Crippen LogP contribution in [0.15, 0.2) is 24.3 Å². The lowest BCUT2D eigenvalue weighted by molar-refractivity contribution is -0.176. The molecule has 0 saturated heterocycles. The number of rotatable bonds is 2. The zero-order chi connectivity index (χ0) is 10.8. The molecule has 0 aliphatic heterocycles. The summed E-state index contributed by atoms with van der Waals surface area (Å²) in [5.74, 6) is 0. The maximum Gasteiger partial charge on any atom is 0.508 e. The minimum atomic E-state index is -4.84.